The van der Waals surface area contributed by atoms with Crippen LogP contribution in [0.5, 0.6) is 0 Å². The molecule has 9 heteroatoms. The van der Waals surface area contributed by atoms with Crippen molar-refractivity contribution < 1.29 is 4.79 Å². The summed E-state index contributed by atoms with van der Waals surface area (Å²) in [4.78, 5) is 24.1. The number of rotatable bonds is 3. The van der Waals surface area contributed by atoms with Crippen LogP contribution in [0.3, 0.4) is 0 Å². The molecule has 1 N–H and O–H groups in total. The van der Waals surface area contributed by atoms with Crippen LogP contribution in [-0.4, -0.2) is 52.6 Å². The lowest BCUT2D eigenvalue weighted by atomic mass is 9.90. The van der Waals surface area contributed by atoms with Crippen molar-refractivity contribution in [3.8, 4) is 11.1 Å². The lowest BCUT2D eigenvalue weighted by Gasteiger charge is -2.34. The topological polar surface area (TPSA) is 106 Å². The molecule has 9 nitrogen and oxygen atoms in total. The largest absolute Gasteiger partial charge is 0.365 e. The number of hydrogen-bond acceptors (Lipinski definition) is 7. The van der Waals surface area contributed by atoms with Gasteiger partial charge >= 0.3 is 0 Å². The molecule has 3 aromatic heterocycles. The summed E-state index contributed by atoms with van der Waals surface area (Å²) in [7, 11) is 0. The second-order valence-electron chi connectivity index (χ2n) is 9.26. The van der Waals surface area contributed by atoms with Gasteiger partial charge in [-0.25, -0.2) is 14.3 Å². The summed E-state index contributed by atoms with van der Waals surface area (Å²) in [5.41, 5.74) is 5.14. The Labute approximate surface area is 202 Å². The van der Waals surface area contributed by atoms with Gasteiger partial charge in [0.05, 0.1) is 36.1 Å². The normalized spacial score (nSPS) is 20.3. The molecule has 0 radical (unpaired) electrons. The van der Waals surface area contributed by atoms with Crippen molar-refractivity contribution in [3.05, 3.63) is 71.8 Å². The molecule has 0 saturated carbocycles. The number of aromatic nitrogens is 6. The summed E-state index contributed by atoms with van der Waals surface area (Å²) in [5, 5.41) is 19.0. The Kier molecular flexibility index (Phi) is 5.05. The van der Waals surface area contributed by atoms with E-state index in [9.17, 15) is 4.79 Å². The van der Waals surface area contributed by atoms with Gasteiger partial charge in [-0.15, -0.1) is 0 Å². The summed E-state index contributed by atoms with van der Waals surface area (Å²) in [6, 6.07) is 10.1. The van der Waals surface area contributed by atoms with Crippen molar-refractivity contribution in [2.24, 2.45) is 0 Å². The summed E-state index contributed by atoms with van der Waals surface area (Å²) < 4.78 is 3.55. The lowest BCUT2D eigenvalue weighted by Crippen LogP contribution is -2.37. The molecule has 5 heterocycles. The standard InChI is InChI=1S/C26H26N8O/c1-16-7-8-22(32-9-10-33-23(14-32)29-15-31-33)24(17(2)35)26(27)34-25(16)20(13-30-34)19-11-18-5-3-4-6-21(18)28-12-19/h3-6,11-13,15-16,27H,7-10,14H2,1-2H3/b24-22+,27-26?. The van der Waals surface area contributed by atoms with Gasteiger partial charge in [0.25, 0.3) is 0 Å². The predicted molar refractivity (Wildman–Crippen MR) is 132 cm³/mol. The third-order valence-corrected chi connectivity index (χ3v) is 7.07. The molecule has 35 heavy (non-hydrogen) atoms. The quantitative estimate of drug-likeness (QED) is 0.493. The van der Waals surface area contributed by atoms with Gasteiger partial charge in [0.1, 0.15) is 12.2 Å². The molecule has 2 aliphatic rings. The van der Waals surface area contributed by atoms with Gasteiger partial charge in [-0.1, -0.05) is 25.1 Å². The Bertz CT molecular complexity index is 1510. The van der Waals surface area contributed by atoms with Crippen LogP contribution in [0.15, 0.2) is 60.3 Å². The second kappa shape index (κ2) is 8.26. The highest BCUT2D eigenvalue weighted by atomic mass is 16.1. The molecule has 0 aliphatic carbocycles. The zero-order chi connectivity index (χ0) is 24.1. The Morgan fingerprint density at radius 2 is 1.97 bits per heavy atom. The van der Waals surface area contributed by atoms with E-state index < -0.39 is 0 Å². The number of carbonyl (C=O) groups excluding carboxylic acids is 1. The lowest BCUT2D eigenvalue weighted by molar-refractivity contribution is -0.113. The maximum absolute atomic E-state index is 12.9. The summed E-state index contributed by atoms with van der Waals surface area (Å²) >= 11 is 0. The number of ketones is 1. The van der Waals surface area contributed by atoms with Gasteiger partial charge in [-0.05, 0) is 37.8 Å². The van der Waals surface area contributed by atoms with Crippen molar-refractivity contribution in [1.29, 1.82) is 5.41 Å². The number of carbonyl (C=O) groups is 1. The van der Waals surface area contributed by atoms with E-state index >= 15 is 0 Å². The van der Waals surface area contributed by atoms with Crippen LogP contribution < -0.4 is 0 Å². The molecular formula is C26H26N8O. The number of nitrogens with one attached hydrogen (secondary N) is 1. The Morgan fingerprint density at radius 1 is 1.11 bits per heavy atom. The first kappa shape index (κ1) is 21.4. The highest BCUT2D eigenvalue weighted by Gasteiger charge is 2.32. The van der Waals surface area contributed by atoms with Gasteiger partial charge in [-0.2, -0.15) is 10.2 Å². The Balaban J connectivity index is 1.45. The third kappa shape index (κ3) is 3.54. The fourth-order valence-corrected chi connectivity index (χ4v) is 5.29. The zero-order valence-corrected chi connectivity index (χ0v) is 19.8. The Morgan fingerprint density at radius 3 is 2.83 bits per heavy atom. The van der Waals surface area contributed by atoms with Gasteiger partial charge in [0, 0.05) is 35.0 Å². The molecule has 4 aromatic rings. The van der Waals surface area contributed by atoms with Gasteiger partial charge in [0.15, 0.2) is 11.6 Å². The van der Waals surface area contributed by atoms with E-state index in [2.05, 4.69) is 38.1 Å². The van der Waals surface area contributed by atoms with E-state index in [1.165, 1.54) is 0 Å². The number of Topliss-reactive ketones (excluding diaryl/α,β-unsaturated/α-hetero) is 1. The highest BCUT2D eigenvalue weighted by Crippen LogP contribution is 2.37. The maximum Gasteiger partial charge on any atom is 0.165 e. The van der Waals surface area contributed by atoms with Crippen molar-refractivity contribution in [2.75, 3.05) is 6.54 Å². The van der Waals surface area contributed by atoms with Crippen molar-refractivity contribution >= 4 is 22.5 Å². The van der Waals surface area contributed by atoms with E-state index in [-0.39, 0.29) is 17.5 Å². The molecule has 0 fully saturated rings. The van der Waals surface area contributed by atoms with Crippen molar-refractivity contribution in [3.63, 3.8) is 0 Å². The molecule has 0 bridgehead atoms. The van der Waals surface area contributed by atoms with E-state index in [1.54, 1.807) is 24.1 Å². The van der Waals surface area contributed by atoms with Crippen LogP contribution >= 0.6 is 0 Å². The smallest absolute Gasteiger partial charge is 0.165 e. The van der Waals surface area contributed by atoms with E-state index in [1.807, 2.05) is 35.1 Å². The van der Waals surface area contributed by atoms with E-state index in [4.69, 9.17) is 5.41 Å². The van der Waals surface area contributed by atoms with Crippen LogP contribution in [0.1, 0.15) is 44.1 Å². The molecule has 6 rings (SSSR count). The molecule has 1 unspecified atom stereocenters. The van der Waals surface area contributed by atoms with E-state index in [0.29, 0.717) is 25.1 Å². The summed E-state index contributed by atoms with van der Waals surface area (Å²) in [6.45, 7) is 5.72. The minimum absolute atomic E-state index is 0.123. The minimum Gasteiger partial charge on any atom is -0.365 e. The number of allylic oxidation sites excluding steroid dienone is 2. The van der Waals surface area contributed by atoms with Crippen molar-refractivity contribution in [2.45, 2.75) is 45.7 Å². The molecule has 1 atom stereocenters. The van der Waals surface area contributed by atoms with Gasteiger partial charge < -0.3 is 4.90 Å². The SMILES string of the molecule is CC(=O)/C1=C(\N2CCn3ncnc3C2)CCC(C)c2c(-c3cnc4ccccc4c3)cnn2C1=N. The van der Waals surface area contributed by atoms with Crippen molar-refractivity contribution in [1.82, 2.24) is 34.4 Å². The van der Waals surface area contributed by atoms with Crippen LogP contribution in [0.2, 0.25) is 0 Å². The third-order valence-electron chi connectivity index (χ3n) is 7.07. The first-order valence-electron chi connectivity index (χ1n) is 11.9. The average Bonchev–Trinajstić information content (AvgIpc) is 3.51. The fourth-order valence-electron chi connectivity index (χ4n) is 5.29. The summed E-state index contributed by atoms with van der Waals surface area (Å²) in [6.07, 6.45) is 6.78. The molecule has 0 amide bonds. The predicted octanol–water partition coefficient (Wildman–Crippen LogP) is 3.77. The fraction of sp³-hybridized carbons (Fsp3) is 0.308. The zero-order valence-electron chi connectivity index (χ0n) is 19.8. The minimum atomic E-state index is -0.123. The average molecular weight is 467 g/mol. The number of para-hydroxylation sites is 1. The maximum atomic E-state index is 12.9. The van der Waals surface area contributed by atoms with E-state index in [0.717, 1.165) is 52.2 Å². The monoisotopic (exact) mass is 466 g/mol. The first-order valence-corrected chi connectivity index (χ1v) is 11.9. The summed E-state index contributed by atoms with van der Waals surface area (Å²) in [5.74, 6) is 1.01. The number of nitrogens with zero attached hydrogens (tertiary/aromatic N) is 7. The van der Waals surface area contributed by atoms with Gasteiger partial charge in [0.2, 0.25) is 0 Å². The highest BCUT2D eigenvalue weighted by molar-refractivity contribution is 6.21. The molecule has 1 aromatic carbocycles. The molecule has 176 valence electrons. The molecule has 0 spiro atoms. The van der Waals surface area contributed by atoms with Crippen LogP contribution in [-0.2, 0) is 17.9 Å². The first-order chi connectivity index (χ1) is 17.0. The van der Waals surface area contributed by atoms with Gasteiger partial charge in [-0.3, -0.25) is 15.2 Å². The molecular weight excluding hydrogens is 440 g/mol. The molecule has 0 saturated heterocycles. The number of fused-ring (bicyclic) bond motifs is 3. The second-order valence-corrected chi connectivity index (χ2v) is 9.26. The Hall–Kier alpha value is -4.14. The van der Waals surface area contributed by atoms with Crippen LogP contribution in [0.25, 0.3) is 22.0 Å². The number of pyridine rings is 1. The number of hydrogen-bond donors (Lipinski definition) is 1. The molecule has 2 aliphatic heterocycles. The van der Waals surface area contributed by atoms with Crippen LogP contribution in [0, 0.1) is 5.41 Å². The number of benzene rings is 1. The van der Waals surface area contributed by atoms with Crippen LogP contribution in [0.4, 0.5) is 0 Å².